The molecule has 1 aliphatic rings. The van der Waals surface area contributed by atoms with Crippen molar-refractivity contribution < 1.29 is 9.90 Å². The van der Waals surface area contributed by atoms with E-state index in [1.807, 2.05) is 7.05 Å². The highest BCUT2D eigenvalue weighted by Gasteiger charge is 2.25. The minimum atomic E-state index is -1.03. The van der Waals surface area contributed by atoms with Gasteiger partial charge in [0, 0.05) is 6.54 Å². The minimum Gasteiger partial charge on any atom is -0.478 e. The summed E-state index contributed by atoms with van der Waals surface area (Å²) >= 11 is 0. The van der Waals surface area contributed by atoms with Gasteiger partial charge in [-0.3, -0.25) is 4.57 Å². The summed E-state index contributed by atoms with van der Waals surface area (Å²) in [4.78, 5) is 28.1. The number of carboxylic acid groups (broad SMARTS) is 1. The first-order valence-electron chi connectivity index (χ1n) is 6.23. The lowest BCUT2D eigenvalue weighted by molar-refractivity contribution is 0.0699. The van der Waals surface area contributed by atoms with Crippen LogP contribution in [0.1, 0.15) is 22.8 Å². The average Bonchev–Trinajstić information content (AvgIpc) is 2.90. The van der Waals surface area contributed by atoms with E-state index in [-0.39, 0.29) is 17.3 Å². The Labute approximate surface area is 109 Å². The number of aromatic carboxylic acids is 1. The van der Waals surface area contributed by atoms with Crippen LogP contribution in [0.25, 0.3) is 11.0 Å². The Balaban J connectivity index is 2.21. The van der Waals surface area contributed by atoms with Crippen LogP contribution in [0, 0.1) is 0 Å². The molecular weight excluding hydrogens is 246 g/mol. The lowest BCUT2D eigenvalue weighted by Gasteiger charge is -2.12. The van der Waals surface area contributed by atoms with Gasteiger partial charge in [-0.05, 0) is 32.1 Å². The van der Waals surface area contributed by atoms with Crippen LogP contribution in [0.15, 0.2) is 23.0 Å². The summed E-state index contributed by atoms with van der Waals surface area (Å²) < 4.78 is 1.69. The van der Waals surface area contributed by atoms with Gasteiger partial charge >= 0.3 is 11.7 Å². The van der Waals surface area contributed by atoms with Crippen LogP contribution in [0.5, 0.6) is 0 Å². The van der Waals surface area contributed by atoms with Gasteiger partial charge in [0.1, 0.15) is 0 Å². The van der Waals surface area contributed by atoms with E-state index in [4.69, 9.17) is 5.11 Å². The summed E-state index contributed by atoms with van der Waals surface area (Å²) in [5, 5.41) is 9.15. The topological polar surface area (TPSA) is 78.3 Å². The number of aromatic nitrogens is 2. The molecule has 0 bridgehead atoms. The van der Waals surface area contributed by atoms with E-state index >= 15 is 0 Å². The maximum Gasteiger partial charge on any atom is 0.337 e. The van der Waals surface area contributed by atoms with Gasteiger partial charge in [-0.1, -0.05) is 6.07 Å². The van der Waals surface area contributed by atoms with Crippen LogP contribution in [-0.2, 0) is 0 Å². The Morgan fingerprint density at radius 3 is 2.89 bits per heavy atom. The van der Waals surface area contributed by atoms with Crippen LogP contribution >= 0.6 is 0 Å². The molecule has 1 aliphatic heterocycles. The van der Waals surface area contributed by atoms with Crippen LogP contribution in [0.3, 0.4) is 0 Å². The molecule has 6 heteroatoms. The monoisotopic (exact) mass is 261 g/mol. The molecule has 1 atom stereocenters. The number of hydrogen-bond donors (Lipinski definition) is 2. The van der Waals surface area contributed by atoms with Crippen LogP contribution in [-0.4, -0.2) is 45.7 Å². The number of benzene rings is 1. The van der Waals surface area contributed by atoms with Crippen LogP contribution < -0.4 is 5.69 Å². The Hall–Kier alpha value is -2.08. The number of carboxylic acids is 1. The van der Waals surface area contributed by atoms with Crippen molar-refractivity contribution in [3.05, 3.63) is 34.2 Å². The molecule has 2 heterocycles. The summed E-state index contributed by atoms with van der Waals surface area (Å²) in [7, 11) is 2.02. The van der Waals surface area contributed by atoms with Crippen molar-refractivity contribution >= 4 is 17.0 Å². The third-order valence-corrected chi connectivity index (χ3v) is 3.71. The van der Waals surface area contributed by atoms with Crippen LogP contribution in [0.2, 0.25) is 0 Å². The van der Waals surface area contributed by atoms with Crippen molar-refractivity contribution in [2.75, 3.05) is 20.1 Å². The van der Waals surface area contributed by atoms with Crippen molar-refractivity contribution in [3.63, 3.8) is 0 Å². The molecule has 1 fully saturated rings. The van der Waals surface area contributed by atoms with Crippen molar-refractivity contribution in [3.8, 4) is 0 Å². The summed E-state index contributed by atoms with van der Waals surface area (Å²) in [6, 6.07) is 5.08. The molecule has 100 valence electrons. The molecule has 0 radical (unpaired) electrons. The molecule has 1 unspecified atom stereocenters. The second-order valence-corrected chi connectivity index (χ2v) is 5.01. The third kappa shape index (κ3) is 1.84. The number of nitrogens with zero attached hydrogens (tertiary/aromatic N) is 2. The Kier molecular flexibility index (Phi) is 2.67. The number of aromatic amines is 1. The second-order valence-electron chi connectivity index (χ2n) is 5.01. The van der Waals surface area contributed by atoms with E-state index < -0.39 is 5.97 Å². The zero-order chi connectivity index (χ0) is 13.6. The number of H-pyrrole nitrogens is 1. The quantitative estimate of drug-likeness (QED) is 0.842. The number of fused-ring (bicyclic) bond motifs is 1. The first-order chi connectivity index (χ1) is 9.08. The second kappa shape index (κ2) is 4.24. The number of imidazole rings is 1. The predicted molar refractivity (Wildman–Crippen MR) is 70.7 cm³/mol. The van der Waals surface area contributed by atoms with Gasteiger partial charge < -0.3 is 15.0 Å². The summed E-state index contributed by atoms with van der Waals surface area (Å²) in [5.41, 5.74) is 0.989. The number of hydrogen-bond acceptors (Lipinski definition) is 3. The molecule has 2 aromatic rings. The molecule has 19 heavy (non-hydrogen) atoms. The molecule has 6 nitrogen and oxygen atoms in total. The van der Waals surface area contributed by atoms with Gasteiger partial charge in [-0.2, -0.15) is 0 Å². The molecule has 3 rings (SSSR count). The normalized spacial score (nSPS) is 20.2. The largest absolute Gasteiger partial charge is 0.478 e. The van der Waals surface area contributed by atoms with E-state index in [0.717, 1.165) is 19.5 Å². The predicted octanol–water partition coefficient (Wildman–Crippen LogP) is 0.904. The SMILES string of the molecule is CN1CCC(n2c(=O)[nH]c3c(C(=O)O)cccc32)C1. The number of likely N-dealkylation sites (N-methyl/N-ethyl adjacent to an activating group) is 1. The third-order valence-electron chi connectivity index (χ3n) is 3.71. The number of para-hydroxylation sites is 1. The van der Waals surface area contributed by atoms with E-state index in [0.29, 0.717) is 11.0 Å². The minimum absolute atomic E-state index is 0.107. The standard InChI is InChI=1S/C13H15N3O3/c1-15-6-5-8(7-15)16-10-4-2-3-9(12(17)18)11(10)14-13(16)19/h2-4,8H,5-7H2,1H3,(H,14,19)(H,17,18). The number of likely N-dealkylation sites (tertiary alicyclic amines) is 1. The first-order valence-corrected chi connectivity index (χ1v) is 6.23. The highest BCUT2D eigenvalue weighted by atomic mass is 16.4. The molecular formula is C13H15N3O3. The Morgan fingerprint density at radius 2 is 2.26 bits per heavy atom. The molecule has 0 spiro atoms. The fourth-order valence-corrected chi connectivity index (χ4v) is 2.81. The first kappa shape index (κ1) is 12.0. The summed E-state index contributed by atoms with van der Waals surface area (Å²) in [5.74, 6) is -1.03. The highest BCUT2D eigenvalue weighted by molar-refractivity contribution is 6.00. The lowest BCUT2D eigenvalue weighted by atomic mass is 10.1. The van der Waals surface area contributed by atoms with Crippen molar-refractivity contribution in [2.45, 2.75) is 12.5 Å². The fraction of sp³-hybridized carbons (Fsp3) is 0.385. The van der Waals surface area contributed by atoms with Gasteiger partial charge in [0.25, 0.3) is 0 Å². The van der Waals surface area contributed by atoms with Gasteiger partial charge in [0.15, 0.2) is 0 Å². The van der Waals surface area contributed by atoms with Crippen molar-refractivity contribution in [1.29, 1.82) is 0 Å². The molecule has 0 aliphatic carbocycles. The van der Waals surface area contributed by atoms with Crippen molar-refractivity contribution in [1.82, 2.24) is 14.5 Å². The molecule has 0 saturated carbocycles. The molecule has 2 N–H and O–H groups in total. The molecule has 0 amide bonds. The van der Waals surface area contributed by atoms with Gasteiger partial charge in [0.05, 0.1) is 22.6 Å². The fourth-order valence-electron chi connectivity index (χ4n) is 2.81. The smallest absolute Gasteiger partial charge is 0.337 e. The average molecular weight is 261 g/mol. The maximum absolute atomic E-state index is 12.1. The highest BCUT2D eigenvalue weighted by Crippen LogP contribution is 2.24. The molecule has 1 saturated heterocycles. The number of nitrogens with one attached hydrogen (secondary N) is 1. The number of rotatable bonds is 2. The maximum atomic E-state index is 12.1. The summed E-state index contributed by atoms with van der Waals surface area (Å²) in [6.45, 7) is 1.76. The van der Waals surface area contributed by atoms with Gasteiger partial charge in [0.2, 0.25) is 0 Å². The van der Waals surface area contributed by atoms with E-state index in [1.165, 1.54) is 6.07 Å². The van der Waals surface area contributed by atoms with Crippen molar-refractivity contribution in [2.24, 2.45) is 0 Å². The molecule has 1 aromatic heterocycles. The Morgan fingerprint density at radius 1 is 1.47 bits per heavy atom. The van der Waals surface area contributed by atoms with E-state index in [1.54, 1.807) is 16.7 Å². The van der Waals surface area contributed by atoms with E-state index in [2.05, 4.69) is 9.88 Å². The summed E-state index contributed by atoms with van der Waals surface area (Å²) in [6.07, 6.45) is 0.903. The lowest BCUT2D eigenvalue weighted by Crippen LogP contribution is -2.24. The molecule has 1 aromatic carbocycles. The zero-order valence-electron chi connectivity index (χ0n) is 10.6. The number of carbonyl (C=O) groups is 1. The van der Waals surface area contributed by atoms with Gasteiger partial charge in [-0.15, -0.1) is 0 Å². The Bertz CT molecular complexity index is 701. The van der Waals surface area contributed by atoms with Crippen LogP contribution in [0.4, 0.5) is 0 Å². The van der Waals surface area contributed by atoms with Gasteiger partial charge in [-0.25, -0.2) is 9.59 Å². The zero-order valence-corrected chi connectivity index (χ0v) is 10.6. The van der Waals surface area contributed by atoms with E-state index in [9.17, 15) is 9.59 Å².